The van der Waals surface area contributed by atoms with Crippen LogP contribution in [0.3, 0.4) is 0 Å². The highest BCUT2D eigenvalue weighted by Gasteiger charge is 2.43. The number of carbonyl (C=O) groups excluding carboxylic acids is 1. The number of rotatable bonds is 6. The Morgan fingerprint density at radius 1 is 1.14 bits per heavy atom. The van der Waals surface area contributed by atoms with Gasteiger partial charge in [-0.15, -0.1) is 0 Å². The summed E-state index contributed by atoms with van der Waals surface area (Å²) in [6.07, 6.45) is 5.20. The van der Waals surface area contributed by atoms with Gasteiger partial charge in [0.05, 0.1) is 12.8 Å². The number of hydrogen-bond acceptors (Lipinski definition) is 4. The van der Waals surface area contributed by atoms with E-state index in [2.05, 4.69) is 36.9 Å². The number of para-hydroxylation sites is 1. The van der Waals surface area contributed by atoms with Crippen LogP contribution in [0.15, 0.2) is 47.1 Å². The Kier molecular flexibility index (Phi) is 5.95. The molecule has 2 aliphatic rings. The third kappa shape index (κ3) is 4.35. The number of carbonyl (C=O) groups is 1. The van der Waals surface area contributed by atoms with Crippen molar-refractivity contribution in [2.24, 2.45) is 0 Å². The predicted octanol–water partition coefficient (Wildman–Crippen LogP) is 4.44. The van der Waals surface area contributed by atoms with Crippen molar-refractivity contribution >= 4 is 5.91 Å². The van der Waals surface area contributed by atoms with Crippen molar-refractivity contribution in [3.8, 4) is 5.75 Å². The summed E-state index contributed by atoms with van der Waals surface area (Å²) in [7, 11) is 0. The van der Waals surface area contributed by atoms with Gasteiger partial charge < -0.3 is 14.1 Å². The minimum atomic E-state index is -0.164. The molecule has 4 rings (SSSR count). The molecule has 2 aromatic rings. The normalized spacial score (nSPS) is 20.8. The lowest BCUT2D eigenvalue weighted by atomic mass is 9.76. The van der Waals surface area contributed by atoms with Gasteiger partial charge in [0.2, 0.25) is 5.91 Å². The van der Waals surface area contributed by atoms with E-state index in [1.54, 1.807) is 6.26 Å². The van der Waals surface area contributed by atoms with Crippen LogP contribution in [-0.2, 0) is 11.3 Å². The summed E-state index contributed by atoms with van der Waals surface area (Å²) in [5.41, 5.74) is 1.03. The molecule has 0 bridgehead atoms. The summed E-state index contributed by atoms with van der Waals surface area (Å²) in [4.78, 5) is 17.2. The van der Waals surface area contributed by atoms with Gasteiger partial charge in [0.25, 0.3) is 0 Å². The van der Waals surface area contributed by atoms with Gasteiger partial charge in [-0.3, -0.25) is 9.69 Å². The van der Waals surface area contributed by atoms with Crippen LogP contribution < -0.4 is 4.74 Å². The first-order valence-electron chi connectivity index (χ1n) is 10.9. The maximum atomic E-state index is 12.9. The molecule has 1 amide bonds. The lowest BCUT2D eigenvalue weighted by Crippen LogP contribution is -2.50. The highest BCUT2D eigenvalue weighted by atomic mass is 16.5. The van der Waals surface area contributed by atoms with E-state index in [0.29, 0.717) is 6.42 Å². The molecule has 5 nitrogen and oxygen atoms in total. The fraction of sp³-hybridized carbons (Fsp3) is 0.542. The van der Waals surface area contributed by atoms with Gasteiger partial charge in [-0.25, -0.2) is 0 Å². The Morgan fingerprint density at radius 2 is 1.90 bits per heavy atom. The van der Waals surface area contributed by atoms with E-state index in [9.17, 15) is 4.79 Å². The smallest absolute Gasteiger partial charge is 0.223 e. The third-order valence-corrected chi connectivity index (χ3v) is 6.57. The fourth-order valence-electron chi connectivity index (χ4n) is 4.89. The van der Waals surface area contributed by atoms with Crippen molar-refractivity contribution in [3.63, 3.8) is 0 Å². The second-order valence-corrected chi connectivity index (χ2v) is 8.35. The van der Waals surface area contributed by atoms with E-state index >= 15 is 0 Å². The minimum absolute atomic E-state index is 0.164. The molecule has 0 saturated carbocycles. The maximum Gasteiger partial charge on any atom is 0.223 e. The largest absolute Gasteiger partial charge is 0.487 e. The summed E-state index contributed by atoms with van der Waals surface area (Å²) in [5.74, 6) is 2.46. The zero-order valence-electron chi connectivity index (χ0n) is 17.6. The van der Waals surface area contributed by atoms with Crippen LogP contribution in [0.25, 0.3) is 0 Å². The van der Waals surface area contributed by atoms with Crippen LogP contribution in [-0.4, -0.2) is 47.5 Å². The molecule has 1 spiro atoms. The van der Waals surface area contributed by atoms with E-state index in [1.165, 1.54) is 5.56 Å². The van der Waals surface area contributed by atoms with Crippen molar-refractivity contribution in [2.45, 2.75) is 57.6 Å². The fourth-order valence-corrected chi connectivity index (χ4v) is 4.89. The monoisotopic (exact) mass is 396 g/mol. The lowest BCUT2D eigenvalue weighted by Gasteiger charge is -2.47. The molecule has 1 fully saturated rings. The van der Waals surface area contributed by atoms with Gasteiger partial charge in [-0.1, -0.05) is 18.2 Å². The van der Waals surface area contributed by atoms with Crippen molar-refractivity contribution in [1.29, 1.82) is 0 Å². The highest BCUT2D eigenvalue weighted by molar-refractivity contribution is 5.77. The molecule has 2 aliphatic heterocycles. The maximum absolute atomic E-state index is 12.9. The molecule has 5 heteroatoms. The third-order valence-electron chi connectivity index (χ3n) is 6.57. The molecule has 1 aromatic carbocycles. The van der Waals surface area contributed by atoms with Crippen LogP contribution in [0.2, 0.25) is 0 Å². The molecule has 29 heavy (non-hydrogen) atoms. The summed E-state index contributed by atoms with van der Waals surface area (Å²) < 4.78 is 12.1. The number of furan rings is 1. The summed E-state index contributed by atoms with van der Waals surface area (Å²) in [6, 6.07) is 12.3. The molecular weight excluding hydrogens is 364 g/mol. The average Bonchev–Trinajstić information content (AvgIpc) is 3.24. The molecule has 1 saturated heterocycles. The number of fused-ring (bicyclic) bond motifs is 1. The molecule has 0 aliphatic carbocycles. The molecule has 156 valence electrons. The molecule has 0 N–H and O–H groups in total. The molecule has 0 radical (unpaired) electrons. The van der Waals surface area contributed by atoms with Gasteiger partial charge in [-0.2, -0.15) is 0 Å². The van der Waals surface area contributed by atoms with Crippen LogP contribution >= 0.6 is 0 Å². The molecular formula is C24H32N2O3. The number of likely N-dealkylation sites (tertiary alicyclic amines) is 1. The predicted molar refractivity (Wildman–Crippen MR) is 113 cm³/mol. The number of piperidine rings is 1. The van der Waals surface area contributed by atoms with Crippen molar-refractivity contribution in [3.05, 3.63) is 54.0 Å². The Labute approximate surface area is 173 Å². The number of benzene rings is 1. The van der Waals surface area contributed by atoms with E-state index in [1.807, 2.05) is 23.1 Å². The van der Waals surface area contributed by atoms with Crippen molar-refractivity contribution in [1.82, 2.24) is 9.80 Å². The van der Waals surface area contributed by atoms with E-state index in [-0.39, 0.29) is 17.4 Å². The van der Waals surface area contributed by atoms with E-state index in [0.717, 1.165) is 63.5 Å². The van der Waals surface area contributed by atoms with Crippen molar-refractivity contribution < 1.29 is 13.9 Å². The van der Waals surface area contributed by atoms with Crippen LogP contribution in [0.1, 0.15) is 56.8 Å². The summed E-state index contributed by atoms with van der Waals surface area (Å²) in [6.45, 7) is 8.47. The highest BCUT2D eigenvalue weighted by Crippen LogP contribution is 2.46. The quantitative estimate of drug-likeness (QED) is 0.724. The first-order valence-corrected chi connectivity index (χ1v) is 10.9. The molecule has 1 atom stereocenters. The zero-order valence-corrected chi connectivity index (χ0v) is 17.6. The average molecular weight is 397 g/mol. The summed E-state index contributed by atoms with van der Waals surface area (Å²) in [5, 5.41) is 0. The van der Waals surface area contributed by atoms with Crippen LogP contribution in [0.4, 0.5) is 0 Å². The zero-order chi connectivity index (χ0) is 20.3. The Balaban J connectivity index is 1.47. The first kappa shape index (κ1) is 20.0. The SMILES string of the molecule is CCN(CC)C(=O)CC1CC2(CCN(Cc3ccco3)CC2)Oc2ccccc21. The molecule has 3 heterocycles. The van der Waals surface area contributed by atoms with E-state index in [4.69, 9.17) is 9.15 Å². The van der Waals surface area contributed by atoms with E-state index < -0.39 is 0 Å². The van der Waals surface area contributed by atoms with Gasteiger partial charge in [0.1, 0.15) is 17.1 Å². The Bertz CT molecular complexity index is 805. The lowest BCUT2D eigenvalue weighted by molar-refractivity contribution is -0.131. The van der Waals surface area contributed by atoms with Gasteiger partial charge in [0.15, 0.2) is 0 Å². The molecule has 1 unspecified atom stereocenters. The Morgan fingerprint density at radius 3 is 2.59 bits per heavy atom. The number of hydrogen-bond donors (Lipinski definition) is 0. The van der Waals surface area contributed by atoms with Gasteiger partial charge in [-0.05, 0) is 56.9 Å². The molecule has 1 aromatic heterocycles. The van der Waals surface area contributed by atoms with Crippen molar-refractivity contribution in [2.75, 3.05) is 26.2 Å². The topological polar surface area (TPSA) is 45.9 Å². The number of ether oxygens (including phenoxy) is 1. The Hall–Kier alpha value is -2.27. The van der Waals surface area contributed by atoms with Gasteiger partial charge in [0, 0.05) is 38.5 Å². The van der Waals surface area contributed by atoms with Crippen LogP contribution in [0, 0.1) is 0 Å². The standard InChI is InChI=1S/C24H32N2O3/c1-3-26(4-2)23(27)16-19-17-24(29-22-10-6-5-9-21(19)22)11-13-25(14-12-24)18-20-8-7-15-28-20/h5-10,15,19H,3-4,11-14,16-18H2,1-2H3. The first-order chi connectivity index (χ1) is 14.1. The summed E-state index contributed by atoms with van der Waals surface area (Å²) >= 11 is 0. The second kappa shape index (κ2) is 8.62. The number of amides is 1. The minimum Gasteiger partial charge on any atom is -0.487 e. The second-order valence-electron chi connectivity index (χ2n) is 8.35. The van der Waals surface area contributed by atoms with Crippen LogP contribution in [0.5, 0.6) is 5.75 Å². The van der Waals surface area contributed by atoms with Gasteiger partial charge >= 0.3 is 0 Å². The number of nitrogens with zero attached hydrogens (tertiary/aromatic N) is 2.